The third kappa shape index (κ3) is 4.15. The summed E-state index contributed by atoms with van der Waals surface area (Å²) >= 11 is 9.88. The Morgan fingerprint density at radius 2 is 1.36 bits per heavy atom. The maximum absolute atomic E-state index is 6.11. The zero-order valence-electron chi connectivity index (χ0n) is 15.6. The third-order valence-corrected chi connectivity index (χ3v) is 7.08. The Morgan fingerprint density at radius 1 is 0.750 bits per heavy atom. The van der Waals surface area contributed by atoms with E-state index in [1.54, 1.807) is 0 Å². The van der Waals surface area contributed by atoms with Crippen molar-refractivity contribution in [3.8, 4) is 32.7 Å². The highest BCUT2D eigenvalue weighted by Crippen LogP contribution is 2.46. The topological polar surface area (TPSA) is 0 Å². The molecule has 0 radical (unpaired) electrons. The van der Waals surface area contributed by atoms with Crippen LogP contribution in [-0.4, -0.2) is 5.75 Å². The van der Waals surface area contributed by atoms with Gasteiger partial charge < -0.3 is 0 Å². The van der Waals surface area contributed by atoms with Crippen LogP contribution in [0.5, 0.6) is 0 Å². The summed E-state index contributed by atoms with van der Waals surface area (Å²) in [7, 11) is 0. The fraction of sp³-hybridized carbons (Fsp3) is 0.0800. The Bertz CT molecular complexity index is 1060. The zero-order chi connectivity index (χ0) is 19.3. The lowest BCUT2D eigenvalue weighted by Crippen LogP contribution is -1.90. The van der Waals surface area contributed by atoms with Crippen LogP contribution in [0.3, 0.4) is 0 Å². The van der Waals surface area contributed by atoms with Crippen molar-refractivity contribution in [2.24, 2.45) is 0 Å². The van der Waals surface area contributed by atoms with Gasteiger partial charge in [0.1, 0.15) is 0 Å². The first-order chi connectivity index (χ1) is 13.8. The first-order valence-electron chi connectivity index (χ1n) is 9.27. The third-order valence-electron chi connectivity index (χ3n) is 4.50. The molecule has 0 unspecified atom stereocenters. The van der Waals surface area contributed by atoms with E-state index in [-0.39, 0.29) is 0 Å². The molecule has 0 nitrogen and oxygen atoms in total. The molecule has 0 aliphatic carbocycles. The second-order valence-electron chi connectivity index (χ2n) is 6.36. The second-order valence-corrected chi connectivity index (χ2v) is 9.38. The van der Waals surface area contributed by atoms with Crippen LogP contribution in [0, 0.1) is 0 Å². The molecule has 138 valence electrons. The van der Waals surface area contributed by atoms with Crippen molar-refractivity contribution < 1.29 is 0 Å². The van der Waals surface area contributed by atoms with E-state index in [1.165, 1.54) is 36.9 Å². The van der Waals surface area contributed by atoms with Gasteiger partial charge in [-0.25, -0.2) is 0 Å². The number of hydrogen-bond donors (Lipinski definition) is 0. The summed E-state index contributed by atoms with van der Waals surface area (Å²) in [6, 6.07) is 31.8. The van der Waals surface area contributed by atoms with Crippen LogP contribution < -0.4 is 0 Å². The van der Waals surface area contributed by atoms with Crippen molar-refractivity contribution in [1.29, 1.82) is 0 Å². The molecule has 28 heavy (non-hydrogen) atoms. The molecule has 0 aliphatic heterocycles. The first-order valence-corrected chi connectivity index (χ1v) is 11.4. The molecule has 0 aliphatic rings. The predicted molar refractivity (Wildman–Crippen MR) is 126 cm³/mol. The fourth-order valence-corrected chi connectivity index (χ4v) is 5.79. The number of hydrogen-bond acceptors (Lipinski definition) is 1. The summed E-state index contributed by atoms with van der Waals surface area (Å²) in [4.78, 5) is 1.26. The highest BCUT2D eigenvalue weighted by atomic mass is 35.5. The molecular formula is C25H20ClS2+. The lowest BCUT2D eigenvalue weighted by Gasteiger charge is -2.11. The van der Waals surface area contributed by atoms with Crippen molar-refractivity contribution in [3.05, 3.63) is 96.0 Å². The van der Waals surface area contributed by atoms with E-state index in [0.29, 0.717) is 0 Å². The Morgan fingerprint density at radius 3 is 1.96 bits per heavy atom. The largest absolute Gasteiger partial charge is 0.273 e. The number of thioether (sulfide) groups is 1. The Balaban J connectivity index is 2.00. The minimum Gasteiger partial charge on any atom is -0.0843 e. The Hall–Kier alpha value is -2.13. The van der Waals surface area contributed by atoms with Crippen molar-refractivity contribution >= 4 is 34.7 Å². The normalized spacial score (nSPS) is 10.8. The van der Waals surface area contributed by atoms with Crippen molar-refractivity contribution in [3.63, 3.8) is 0 Å². The van der Waals surface area contributed by atoms with Crippen LogP contribution in [0.25, 0.3) is 32.7 Å². The number of benzene rings is 3. The van der Waals surface area contributed by atoms with Gasteiger partial charge in [-0.3, -0.25) is 0 Å². The van der Waals surface area contributed by atoms with Gasteiger partial charge in [-0.15, -0.1) is 0 Å². The lowest BCUT2D eigenvalue weighted by atomic mass is 9.96. The average Bonchev–Trinajstić information content (AvgIpc) is 2.75. The van der Waals surface area contributed by atoms with Gasteiger partial charge in [-0.2, -0.15) is 0 Å². The maximum Gasteiger partial charge on any atom is 0.273 e. The minimum absolute atomic E-state index is 0.765. The molecule has 0 N–H and O–H groups in total. The van der Waals surface area contributed by atoms with Crippen LogP contribution in [0.4, 0.5) is 0 Å². The van der Waals surface area contributed by atoms with Gasteiger partial charge in [0.25, 0.3) is 4.21 Å². The van der Waals surface area contributed by atoms with E-state index < -0.39 is 0 Å². The minimum atomic E-state index is 0.765. The first kappa shape index (κ1) is 19.2. The Kier molecular flexibility index (Phi) is 6.11. The highest BCUT2D eigenvalue weighted by molar-refractivity contribution is 8.01. The molecule has 0 saturated carbocycles. The van der Waals surface area contributed by atoms with E-state index in [9.17, 15) is 0 Å². The van der Waals surface area contributed by atoms with Gasteiger partial charge >= 0.3 is 0 Å². The van der Waals surface area contributed by atoms with Gasteiger partial charge in [-0.05, 0) is 41.1 Å². The maximum atomic E-state index is 6.11. The second kappa shape index (κ2) is 8.91. The molecule has 0 amide bonds. The smallest absolute Gasteiger partial charge is 0.0843 e. The van der Waals surface area contributed by atoms with E-state index >= 15 is 0 Å². The molecule has 4 aromatic rings. The summed E-state index contributed by atoms with van der Waals surface area (Å²) < 4.78 is 1.35. The monoisotopic (exact) mass is 419 g/mol. The molecule has 0 saturated heterocycles. The van der Waals surface area contributed by atoms with Crippen molar-refractivity contribution in [1.82, 2.24) is 0 Å². The van der Waals surface area contributed by atoms with Crippen LogP contribution in [0.2, 0.25) is 5.02 Å². The quantitative estimate of drug-likeness (QED) is 0.230. The van der Waals surface area contributed by atoms with Crippen molar-refractivity contribution in [2.45, 2.75) is 11.1 Å². The lowest BCUT2D eigenvalue weighted by molar-refractivity contribution is 1.49. The summed E-state index contributed by atoms with van der Waals surface area (Å²) in [6.45, 7) is 2.21. The average molecular weight is 420 g/mol. The van der Waals surface area contributed by atoms with Crippen LogP contribution in [0.1, 0.15) is 6.92 Å². The van der Waals surface area contributed by atoms with Gasteiger partial charge in [-0.1, -0.05) is 91.0 Å². The fourth-order valence-electron chi connectivity index (χ4n) is 3.21. The van der Waals surface area contributed by atoms with Gasteiger partial charge in [0, 0.05) is 22.2 Å². The molecule has 0 fully saturated rings. The molecule has 1 heterocycles. The van der Waals surface area contributed by atoms with Crippen LogP contribution >= 0.6 is 34.7 Å². The van der Waals surface area contributed by atoms with Gasteiger partial charge in [0.15, 0.2) is 0 Å². The summed E-state index contributed by atoms with van der Waals surface area (Å²) in [5.41, 5.74) is 6.29. The van der Waals surface area contributed by atoms with E-state index in [2.05, 4.69) is 85.8 Å². The van der Waals surface area contributed by atoms with Crippen molar-refractivity contribution in [2.75, 3.05) is 5.75 Å². The highest BCUT2D eigenvalue weighted by Gasteiger charge is 2.25. The van der Waals surface area contributed by atoms with E-state index in [0.717, 1.165) is 10.8 Å². The molecule has 4 rings (SSSR count). The van der Waals surface area contributed by atoms with Crippen LogP contribution in [-0.2, 0) is 0 Å². The predicted octanol–water partition coefficient (Wildman–Crippen LogP) is 8.80. The molecule has 0 bridgehead atoms. The zero-order valence-corrected chi connectivity index (χ0v) is 18.0. The van der Waals surface area contributed by atoms with E-state index in [4.69, 9.17) is 11.6 Å². The molecule has 0 spiro atoms. The molecule has 3 heteroatoms. The Labute approximate surface area is 179 Å². The number of rotatable bonds is 5. The van der Waals surface area contributed by atoms with Gasteiger partial charge in [0.2, 0.25) is 16.2 Å². The van der Waals surface area contributed by atoms with Gasteiger partial charge in [0.05, 0.1) is 5.56 Å². The molecule has 0 atom stereocenters. The molecule has 1 aromatic heterocycles. The summed E-state index contributed by atoms with van der Waals surface area (Å²) in [5, 5.41) is 0.765. The summed E-state index contributed by atoms with van der Waals surface area (Å²) in [6.07, 6.45) is 0. The number of halogens is 1. The van der Waals surface area contributed by atoms with Crippen LogP contribution in [0.15, 0.2) is 95.2 Å². The standard InChI is InChI=1S/C25H20ClS2/c1-2-27-25-24(20-11-7-4-8-12-20)22(18-9-5-3-6-10-18)17-23(28-25)19-13-15-21(26)16-14-19/h3-17H,2H2,1H3/q+1. The molecular weight excluding hydrogens is 400 g/mol. The van der Waals surface area contributed by atoms with E-state index in [1.807, 2.05) is 35.2 Å². The SMILES string of the molecule is CCSc1[s+]c(-c2ccc(Cl)cc2)cc(-c2ccccc2)c1-c1ccccc1. The molecule has 3 aromatic carbocycles. The summed E-state index contributed by atoms with van der Waals surface area (Å²) in [5.74, 6) is 1.04.